The summed E-state index contributed by atoms with van der Waals surface area (Å²) < 4.78 is 5.67. The summed E-state index contributed by atoms with van der Waals surface area (Å²) in [6.07, 6.45) is 19.1. The number of ether oxygens (including phenoxy) is 1. The first kappa shape index (κ1) is 32.4. The van der Waals surface area contributed by atoms with E-state index in [2.05, 4.69) is 18.7 Å². The van der Waals surface area contributed by atoms with Crippen LogP contribution in [0.1, 0.15) is 130 Å². The molecule has 198 valence electrons. The molecular weight excluding hydrogens is 414 g/mol. The van der Waals surface area contributed by atoms with Crippen LogP contribution in [0.2, 0.25) is 0 Å². The SMILES string of the molecule is CCCCCCCCC(CCCCCC)COC(=O)CCCCCN(CCO)CC(O)CC. The van der Waals surface area contributed by atoms with Crippen LogP contribution in [0.3, 0.4) is 0 Å². The van der Waals surface area contributed by atoms with Crippen molar-refractivity contribution < 1.29 is 19.7 Å². The number of nitrogens with zero attached hydrogens (tertiary/aromatic N) is 1. The van der Waals surface area contributed by atoms with Crippen molar-refractivity contribution in [1.29, 1.82) is 0 Å². The molecule has 0 rings (SSSR count). The van der Waals surface area contributed by atoms with Crippen molar-refractivity contribution in [1.82, 2.24) is 4.90 Å². The maximum Gasteiger partial charge on any atom is 0.305 e. The molecule has 2 atom stereocenters. The normalized spacial score (nSPS) is 13.4. The number of esters is 1. The van der Waals surface area contributed by atoms with Gasteiger partial charge in [0, 0.05) is 19.5 Å². The van der Waals surface area contributed by atoms with E-state index in [0.29, 0.717) is 32.0 Å². The molecule has 0 aromatic rings. The Morgan fingerprint density at radius 1 is 0.788 bits per heavy atom. The Bertz CT molecular complexity index is 419. The third kappa shape index (κ3) is 21.6. The van der Waals surface area contributed by atoms with Gasteiger partial charge in [-0.1, -0.05) is 91.4 Å². The quantitative estimate of drug-likeness (QED) is 0.118. The van der Waals surface area contributed by atoms with Crippen LogP contribution in [0.4, 0.5) is 0 Å². The first-order valence-electron chi connectivity index (χ1n) is 14.2. The molecule has 0 aliphatic heterocycles. The third-order valence-corrected chi connectivity index (χ3v) is 6.62. The molecule has 2 unspecified atom stereocenters. The summed E-state index contributed by atoms with van der Waals surface area (Å²) >= 11 is 0. The van der Waals surface area contributed by atoms with Gasteiger partial charge in [-0.3, -0.25) is 9.69 Å². The molecule has 0 heterocycles. The molecule has 0 aliphatic rings. The van der Waals surface area contributed by atoms with Gasteiger partial charge in [0.15, 0.2) is 0 Å². The van der Waals surface area contributed by atoms with Gasteiger partial charge in [0.2, 0.25) is 0 Å². The molecule has 0 saturated heterocycles. The van der Waals surface area contributed by atoms with E-state index in [1.165, 1.54) is 77.0 Å². The number of unbranched alkanes of at least 4 members (excludes halogenated alkanes) is 10. The highest BCUT2D eigenvalue weighted by Crippen LogP contribution is 2.20. The monoisotopic (exact) mass is 471 g/mol. The van der Waals surface area contributed by atoms with Gasteiger partial charge in [0.05, 0.1) is 19.3 Å². The largest absolute Gasteiger partial charge is 0.465 e. The first-order chi connectivity index (χ1) is 16.1. The number of hydrogen-bond acceptors (Lipinski definition) is 5. The molecule has 0 amide bonds. The summed E-state index contributed by atoms with van der Waals surface area (Å²) in [5.41, 5.74) is 0. The summed E-state index contributed by atoms with van der Waals surface area (Å²) in [5, 5.41) is 19.0. The summed E-state index contributed by atoms with van der Waals surface area (Å²) in [6, 6.07) is 0. The topological polar surface area (TPSA) is 70.0 Å². The molecule has 0 aromatic carbocycles. The average Bonchev–Trinajstić information content (AvgIpc) is 2.81. The summed E-state index contributed by atoms with van der Waals surface area (Å²) in [4.78, 5) is 14.4. The molecule has 0 aromatic heterocycles. The van der Waals surface area contributed by atoms with Crippen molar-refractivity contribution in [2.45, 2.75) is 136 Å². The summed E-state index contributed by atoms with van der Waals surface area (Å²) in [7, 11) is 0. The lowest BCUT2D eigenvalue weighted by atomic mass is 9.95. The predicted octanol–water partition coefficient (Wildman–Crippen LogP) is 6.49. The number of aliphatic hydroxyl groups excluding tert-OH is 2. The lowest BCUT2D eigenvalue weighted by Gasteiger charge is -2.23. The third-order valence-electron chi connectivity index (χ3n) is 6.62. The Balaban J connectivity index is 4.08. The minimum Gasteiger partial charge on any atom is -0.465 e. The number of carbonyl (C=O) groups excluding carboxylic acids is 1. The number of carbonyl (C=O) groups is 1. The highest BCUT2D eigenvalue weighted by molar-refractivity contribution is 5.69. The fourth-order valence-corrected chi connectivity index (χ4v) is 4.31. The lowest BCUT2D eigenvalue weighted by Crippen LogP contribution is -2.35. The maximum absolute atomic E-state index is 12.3. The Kier molecular flexibility index (Phi) is 24.0. The van der Waals surface area contributed by atoms with Crippen molar-refractivity contribution in [3.05, 3.63) is 0 Å². The molecule has 5 heteroatoms. The fourth-order valence-electron chi connectivity index (χ4n) is 4.31. The van der Waals surface area contributed by atoms with Gasteiger partial charge in [-0.15, -0.1) is 0 Å². The van der Waals surface area contributed by atoms with Gasteiger partial charge >= 0.3 is 5.97 Å². The highest BCUT2D eigenvalue weighted by Gasteiger charge is 2.13. The second kappa shape index (κ2) is 24.5. The number of aliphatic hydroxyl groups is 2. The molecule has 5 nitrogen and oxygen atoms in total. The summed E-state index contributed by atoms with van der Waals surface area (Å²) in [6.45, 7) is 9.23. The van der Waals surface area contributed by atoms with E-state index in [9.17, 15) is 15.0 Å². The zero-order chi connectivity index (χ0) is 24.6. The van der Waals surface area contributed by atoms with Crippen LogP contribution >= 0.6 is 0 Å². The summed E-state index contributed by atoms with van der Waals surface area (Å²) in [5.74, 6) is 0.471. The Hall–Kier alpha value is -0.650. The average molecular weight is 472 g/mol. The van der Waals surface area contributed by atoms with E-state index in [0.717, 1.165) is 32.2 Å². The van der Waals surface area contributed by atoms with Crippen LogP contribution in [0.15, 0.2) is 0 Å². The minimum absolute atomic E-state index is 0.0508. The van der Waals surface area contributed by atoms with E-state index in [1.54, 1.807) is 0 Å². The first-order valence-corrected chi connectivity index (χ1v) is 14.2. The van der Waals surface area contributed by atoms with E-state index in [4.69, 9.17) is 4.74 Å². The second-order valence-electron chi connectivity index (χ2n) is 9.85. The van der Waals surface area contributed by atoms with Crippen molar-refractivity contribution in [3.63, 3.8) is 0 Å². The smallest absolute Gasteiger partial charge is 0.305 e. The van der Waals surface area contributed by atoms with Crippen molar-refractivity contribution in [3.8, 4) is 0 Å². The lowest BCUT2D eigenvalue weighted by molar-refractivity contribution is -0.145. The molecule has 0 radical (unpaired) electrons. The van der Waals surface area contributed by atoms with Gasteiger partial charge in [0.1, 0.15) is 0 Å². The Morgan fingerprint density at radius 2 is 1.36 bits per heavy atom. The van der Waals surface area contributed by atoms with Crippen LogP contribution < -0.4 is 0 Å². The molecule has 33 heavy (non-hydrogen) atoms. The van der Waals surface area contributed by atoms with Crippen LogP contribution in [0.25, 0.3) is 0 Å². The standard InChI is InChI=1S/C28H57NO4/c1-4-7-9-11-12-15-19-26(18-14-10-8-5-2)25-33-28(32)20-16-13-17-21-29(22-23-30)24-27(31)6-3/h26-27,30-31H,4-25H2,1-3H3. The molecule has 2 N–H and O–H groups in total. The Morgan fingerprint density at radius 3 is 1.97 bits per heavy atom. The van der Waals surface area contributed by atoms with E-state index in [1.807, 2.05) is 6.92 Å². The zero-order valence-corrected chi connectivity index (χ0v) is 22.4. The van der Waals surface area contributed by atoms with Gasteiger partial charge in [0.25, 0.3) is 0 Å². The molecule has 0 aliphatic carbocycles. The Labute approximate surface area is 205 Å². The molecule has 0 fully saturated rings. The van der Waals surface area contributed by atoms with Crippen LogP contribution in [0.5, 0.6) is 0 Å². The van der Waals surface area contributed by atoms with Gasteiger partial charge in [-0.05, 0) is 44.6 Å². The van der Waals surface area contributed by atoms with Crippen molar-refractivity contribution in [2.75, 3.05) is 32.8 Å². The molecule has 0 saturated carbocycles. The number of rotatable bonds is 25. The van der Waals surface area contributed by atoms with E-state index < -0.39 is 0 Å². The van der Waals surface area contributed by atoms with E-state index >= 15 is 0 Å². The van der Waals surface area contributed by atoms with Gasteiger partial charge < -0.3 is 14.9 Å². The van der Waals surface area contributed by atoms with Crippen LogP contribution in [0, 0.1) is 5.92 Å². The second-order valence-corrected chi connectivity index (χ2v) is 9.85. The van der Waals surface area contributed by atoms with Gasteiger partial charge in [-0.2, -0.15) is 0 Å². The maximum atomic E-state index is 12.3. The van der Waals surface area contributed by atoms with Gasteiger partial charge in [-0.25, -0.2) is 0 Å². The van der Waals surface area contributed by atoms with Crippen LogP contribution in [-0.4, -0.2) is 60.0 Å². The van der Waals surface area contributed by atoms with Crippen LogP contribution in [-0.2, 0) is 9.53 Å². The van der Waals surface area contributed by atoms with Crippen molar-refractivity contribution >= 4 is 5.97 Å². The number of hydrogen-bond donors (Lipinski definition) is 2. The highest BCUT2D eigenvalue weighted by atomic mass is 16.5. The molecular formula is C28H57NO4. The van der Waals surface area contributed by atoms with E-state index in [-0.39, 0.29) is 18.7 Å². The fraction of sp³-hybridized carbons (Fsp3) is 0.964. The van der Waals surface area contributed by atoms with Crippen molar-refractivity contribution in [2.24, 2.45) is 5.92 Å². The molecule has 0 bridgehead atoms. The predicted molar refractivity (Wildman–Crippen MR) is 139 cm³/mol. The zero-order valence-electron chi connectivity index (χ0n) is 22.4. The molecule has 0 spiro atoms. The minimum atomic E-state index is -0.335.